The number of carbonyl (C=O) groups excluding carboxylic acids is 2. The number of likely N-dealkylation sites (tertiary alicyclic amines) is 1. The van der Waals surface area contributed by atoms with Crippen molar-refractivity contribution in [2.45, 2.75) is 52.0 Å². The summed E-state index contributed by atoms with van der Waals surface area (Å²) >= 11 is 0. The van der Waals surface area contributed by atoms with Crippen molar-refractivity contribution in [1.29, 1.82) is 0 Å². The quantitative estimate of drug-likeness (QED) is 0.242. The van der Waals surface area contributed by atoms with Gasteiger partial charge in [-0.1, -0.05) is 18.2 Å². The van der Waals surface area contributed by atoms with Crippen molar-refractivity contribution < 1.29 is 14.3 Å². The molecule has 2 saturated heterocycles. The Morgan fingerprint density at radius 2 is 2.00 bits per heavy atom. The minimum Gasteiger partial charge on any atom is -0.372 e. The molecule has 0 spiro atoms. The molecule has 1 aromatic carbocycles. The van der Waals surface area contributed by atoms with Gasteiger partial charge in [0, 0.05) is 19.6 Å². The molecule has 0 saturated carbocycles. The second-order valence-electron chi connectivity index (χ2n) is 8.14. The minimum atomic E-state index is -0.814. The van der Waals surface area contributed by atoms with Crippen LogP contribution in [-0.4, -0.2) is 48.0 Å². The van der Waals surface area contributed by atoms with E-state index in [-0.39, 0.29) is 35.8 Å². The number of urea groups is 1. The van der Waals surface area contributed by atoms with Crippen LogP contribution in [-0.2, 0) is 29.3 Å². The first kappa shape index (κ1) is 22.8. The lowest BCUT2D eigenvalue weighted by Gasteiger charge is -2.39. The van der Waals surface area contributed by atoms with Crippen molar-refractivity contribution in [2.24, 2.45) is 10.9 Å². The summed E-state index contributed by atoms with van der Waals surface area (Å²) in [6, 6.07) is 6.04. The Balaban J connectivity index is 0.00000256. The molecule has 1 unspecified atom stereocenters. The lowest BCUT2D eigenvalue weighted by molar-refractivity contribution is -0.125. The van der Waals surface area contributed by atoms with Gasteiger partial charge in [-0.05, 0) is 49.3 Å². The molecular formula is C21H30IN5O3. The molecule has 1 atom stereocenters. The number of nitrogens with one attached hydrogen (secondary N) is 3. The molecule has 2 fully saturated rings. The first-order chi connectivity index (χ1) is 14.0. The lowest BCUT2D eigenvalue weighted by atomic mass is 9.79. The molecule has 3 aliphatic rings. The molecule has 1 aromatic rings. The molecule has 4 rings (SSSR count). The number of benzene rings is 1. The van der Waals surface area contributed by atoms with Crippen LogP contribution >= 0.6 is 24.0 Å². The molecule has 164 valence electrons. The highest BCUT2D eigenvalue weighted by Crippen LogP contribution is 2.30. The summed E-state index contributed by atoms with van der Waals surface area (Å²) in [5, 5.41) is 8.57. The fourth-order valence-corrected chi connectivity index (χ4v) is 4.43. The van der Waals surface area contributed by atoms with Gasteiger partial charge >= 0.3 is 6.03 Å². The molecule has 0 radical (unpaired) electrons. The molecule has 3 heterocycles. The maximum atomic E-state index is 12.2. The number of halogens is 1. The number of imide groups is 1. The van der Waals surface area contributed by atoms with Crippen molar-refractivity contribution >= 4 is 41.9 Å². The van der Waals surface area contributed by atoms with Crippen LogP contribution in [0.3, 0.4) is 0 Å². The third kappa shape index (κ3) is 4.56. The topological polar surface area (TPSA) is 95.1 Å². The number of rotatable bonds is 4. The van der Waals surface area contributed by atoms with Gasteiger partial charge in [0.05, 0.1) is 19.8 Å². The van der Waals surface area contributed by atoms with E-state index in [1.165, 1.54) is 16.7 Å². The van der Waals surface area contributed by atoms with Crippen LogP contribution in [0, 0.1) is 5.92 Å². The van der Waals surface area contributed by atoms with Crippen molar-refractivity contribution in [3.05, 3.63) is 34.9 Å². The first-order valence-corrected chi connectivity index (χ1v) is 10.3. The van der Waals surface area contributed by atoms with Crippen molar-refractivity contribution in [3.63, 3.8) is 0 Å². The predicted octanol–water partition coefficient (Wildman–Crippen LogP) is 2.11. The van der Waals surface area contributed by atoms with Crippen molar-refractivity contribution in [3.8, 4) is 0 Å². The molecule has 3 amide bonds. The van der Waals surface area contributed by atoms with Gasteiger partial charge in [-0.25, -0.2) is 9.79 Å². The third-order valence-electron chi connectivity index (χ3n) is 6.22. The van der Waals surface area contributed by atoms with Crippen molar-refractivity contribution in [1.82, 2.24) is 20.9 Å². The molecule has 0 bridgehead atoms. The molecule has 3 N–H and O–H groups in total. The second kappa shape index (κ2) is 9.51. The van der Waals surface area contributed by atoms with Crippen LogP contribution < -0.4 is 16.0 Å². The lowest BCUT2D eigenvalue weighted by Crippen LogP contribution is -2.55. The Kier molecular flexibility index (Phi) is 7.22. The molecule has 0 aromatic heterocycles. The average Bonchev–Trinajstić information content (AvgIpc) is 3.28. The molecular weight excluding hydrogens is 497 g/mol. The zero-order valence-electron chi connectivity index (χ0n) is 17.5. The summed E-state index contributed by atoms with van der Waals surface area (Å²) in [5.74, 6) is 0.791. The van der Waals surface area contributed by atoms with Gasteiger partial charge in [0.1, 0.15) is 5.54 Å². The highest BCUT2D eigenvalue weighted by atomic mass is 127. The number of ether oxygens (including phenoxy) is 1. The van der Waals surface area contributed by atoms with E-state index in [4.69, 9.17) is 9.73 Å². The monoisotopic (exact) mass is 527 g/mol. The Bertz CT molecular complexity index is 838. The van der Waals surface area contributed by atoms with Crippen LogP contribution in [0.1, 0.15) is 43.4 Å². The van der Waals surface area contributed by atoms with Crippen LogP contribution in [0.5, 0.6) is 0 Å². The van der Waals surface area contributed by atoms with Crippen molar-refractivity contribution in [2.75, 3.05) is 19.6 Å². The van der Waals surface area contributed by atoms with Crippen LogP contribution in [0.15, 0.2) is 23.2 Å². The molecule has 30 heavy (non-hydrogen) atoms. The molecule has 3 aliphatic heterocycles. The normalized spacial score (nSPS) is 24.2. The number of fused-ring (bicyclic) bond motifs is 1. The number of piperidine rings is 1. The standard InChI is InChI=1S/C21H29N5O3.HI/c1-3-22-19(23-11-14-4-5-15-12-29-13-16(15)10-14)26-8-6-17(7-9-26)21(2)18(27)24-20(28)25-21;/h4-5,10,17H,3,6-9,11-13H2,1-2H3,(H,22,23)(H2,24,25,27,28);1H. The van der Waals surface area contributed by atoms with E-state index >= 15 is 0 Å². The second-order valence-corrected chi connectivity index (χ2v) is 8.14. The Morgan fingerprint density at radius 1 is 1.27 bits per heavy atom. The summed E-state index contributed by atoms with van der Waals surface area (Å²) in [6.07, 6.45) is 1.65. The zero-order chi connectivity index (χ0) is 20.4. The van der Waals surface area contributed by atoms with E-state index in [1.54, 1.807) is 0 Å². The Morgan fingerprint density at radius 3 is 2.67 bits per heavy atom. The van der Waals surface area contributed by atoms with E-state index in [1.807, 2.05) is 6.92 Å². The number of nitrogens with zero attached hydrogens (tertiary/aromatic N) is 2. The number of hydrogen-bond donors (Lipinski definition) is 3. The third-order valence-corrected chi connectivity index (χ3v) is 6.22. The first-order valence-electron chi connectivity index (χ1n) is 10.3. The number of guanidine groups is 1. The van der Waals surface area contributed by atoms with Gasteiger partial charge in [-0.2, -0.15) is 0 Å². The Labute approximate surface area is 194 Å². The number of aliphatic imine (C=N–C) groups is 1. The maximum absolute atomic E-state index is 12.2. The van der Waals surface area contributed by atoms with Crippen LogP contribution in [0.4, 0.5) is 4.79 Å². The summed E-state index contributed by atoms with van der Waals surface area (Å²) in [6.45, 7) is 8.29. The van der Waals surface area contributed by atoms with E-state index in [0.29, 0.717) is 19.8 Å². The molecule has 0 aliphatic carbocycles. The van der Waals surface area contributed by atoms with Crippen LogP contribution in [0.25, 0.3) is 0 Å². The highest BCUT2D eigenvalue weighted by molar-refractivity contribution is 14.0. The number of amides is 3. The number of carbonyl (C=O) groups is 2. The molecule has 9 heteroatoms. The summed E-state index contributed by atoms with van der Waals surface area (Å²) in [5.41, 5.74) is 2.89. The molecule has 8 nitrogen and oxygen atoms in total. The summed E-state index contributed by atoms with van der Waals surface area (Å²) < 4.78 is 5.49. The minimum absolute atomic E-state index is 0. The Hall–Kier alpha value is -1.88. The predicted molar refractivity (Wildman–Crippen MR) is 125 cm³/mol. The van der Waals surface area contributed by atoms with Gasteiger partial charge < -0.3 is 20.3 Å². The fourth-order valence-electron chi connectivity index (χ4n) is 4.43. The summed E-state index contributed by atoms with van der Waals surface area (Å²) in [4.78, 5) is 30.9. The zero-order valence-corrected chi connectivity index (χ0v) is 19.8. The van der Waals surface area contributed by atoms with Crippen LogP contribution in [0.2, 0.25) is 0 Å². The maximum Gasteiger partial charge on any atom is 0.322 e. The van der Waals surface area contributed by atoms with E-state index in [2.05, 4.69) is 46.0 Å². The van der Waals surface area contributed by atoms with Gasteiger partial charge in [0.25, 0.3) is 5.91 Å². The van der Waals surface area contributed by atoms with E-state index in [0.717, 1.165) is 38.4 Å². The van der Waals surface area contributed by atoms with Gasteiger partial charge in [0.2, 0.25) is 0 Å². The highest BCUT2D eigenvalue weighted by Gasteiger charge is 2.48. The van der Waals surface area contributed by atoms with Gasteiger partial charge in [-0.15, -0.1) is 24.0 Å². The largest absolute Gasteiger partial charge is 0.372 e. The fraction of sp³-hybridized carbons (Fsp3) is 0.571. The van der Waals surface area contributed by atoms with E-state index < -0.39 is 11.6 Å². The van der Waals surface area contributed by atoms with Gasteiger partial charge in [0.15, 0.2) is 5.96 Å². The number of hydrogen-bond acceptors (Lipinski definition) is 4. The average molecular weight is 527 g/mol. The SMILES string of the molecule is CCNC(=NCc1ccc2c(c1)COC2)N1CCC(C2(C)NC(=O)NC2=O)CC1.I. The smallest absolute Gasteiger partial charge is 0.322 e. The van der Waals surface area contributed by atoms with Gasteiger partial charge in [-0.3, -0.25) is 10.1 Å². The summed E-state index contributed by atoms with van der Waals surface area (Å²) in [7, 11) is 0. The van der Waals surface area contributed by atoms with E-state index in [9.17, 15) is 9.59 Å².